The molecule has 0 radical (unpaired) electrons. The van der Waals surface area contributed by atoms with E-state index in [0.29, 0.717) is 12.0 Å². The molecule has 1 aliphatic carbocycles. The molecule has 1 aromatic carbocycles. The van der Waals surface area contributed by atoms with Gasteiger partial charge in [0, 0.05) is 30.0 Å². The van der Waals surface area contributed by atoms with Gasteiger partial charge in [-0.15, -0.1) is 0 Å². The SMILES string of the molecule is Cc1ccc(F)c2ccn([C@H]3CCC[C@@H](c4ccncc4)C3)c12. The minimum atomic E-state index is -0.120. The zero-order valence-electron chi connectivity index (χ0n) is 13.4. The second-order valence-electron chi connectivity index (χ2n) is 6.65. The van der Waals surface area contributed by atoms with Crippen LogP contribution in [-0.2, 0) is 0 Å². The van der Waals surface area contributed by atoms with E-state index in [1.165, 1.54) is 24.8 Å². The van der Waals surface area contributed by atoms with Gasteiger partial charge in [0.1, 0.15) is 5.82 Å². The highest BCUT2D eigenvalue weighted by atomic mass is 19.1. The third kappa shape index (κ3) is 2.54. The summed E-state index contributed by atoms with van der Waals surface area (Å²) in [5.74, 6) is 0.453. The number of benzene rings is 1. The molecule has 0 aliphatic heterocycles. The number of hydrogen-bond acceptors (Lipinski definition) is 1. The fourth-order valence-corrected chi connectivity index (χ4v) is 4.08. The van der Waals surface area contributed by atoms with Crippen LogP contribution in [0.3, 0.4) is 0 Å². The Labute approximate surface area is 136 Å². The molecular formula is C20H21FN2. The number of aromatic nitrogens is 2. The van der Waals surface area contributed by atoms with Crippen molar-refractivity contribution < 1.29 is 4.39 Å². The van der Waals surface area contributed by atoms with Crippen LogP contribution in [0.15, 0.2) is 48.9 Å². The molecule has 2 atom stereocenters. The molecule has 1 aliphatic rings. The Bertz CT molecular complexity index is 822. The third-order valence-electron chi connectivity index (χ3n) is 5.24. The van der Waals surface area contributed by atoms with E-state index in [2.05, 4.69) is 34.8 Å². The number of fused-ring (bicyclic) bond motifs is 1. The van der Waals surface area contributed by atoms with Gasteiger partial charge < -0.3 is 4.57 Å². The first-order chi connectivity index (χ1) is 11.2. The summed E-state index contributed by atoms with van der Waals surface area (Å²) in [4.78, 5) is 4.12. The van der Waals surface area contributed by atoms with Gasteiger partial charge >= 0.3 is 0 Å². The van der Waals surface area contributed by atoms with Crippen molar-refractivity contribution in [2.24, 2.45) is 0 Å². The number of pyridine rings is 1. The Morgan fingerprint density at radius 3 is 2.74 bits per heavy atom. The van der Waals surface area contributed by atoms with Crippen LogP contribution in [0, 0.1) is 12.7 Å². The molecule has 1 fully saturated rings. The van der Waals surface area contributed by atoms with Gasteiger partial charge in [0.15, 0.2) is 0 Å². The average Bonchev–Trinajstić information content (AvgIpc) is 3.06. The average molecular weight is 308 g/mol. The molecule has 23 heavy (non-hydrogen) atoms. The van der Waals surface area contributed by atoms with Gasteiger partial charge in [-0.1, -0.05) is 12.5 Å². The molecule has 3 aromatic rings. The summed E-state index contributed by atoms with van der Waals surface area (Å²) in [6.07, 6.45) is 10.6. The maximum Gasteiger partial charge on any atom is 0.132 e. The molecule has 2 heterocycles. The number of rotatable bonds is 2. The molecule has 0 saturated heterocycles. The van der Waals surface area contributed by atoms with E-state index in [9.17, 15) is 4.39 Å². The fourth-order valence-electron chi connectivity index (χ4n) is 4.08. The quantitative estimate of drug-likeness (QED) is 0.621. The predicted molar refractivity (Wildman–Crippen MR) is 91.1 cm³/mol. The van der Waals surface area contributed by atoms with Gasteiger partial charge in [-0.25, -0.2) is 4.39 Å². The van der Waals surface area contributed by atoms with Crippen LogP contribution in [-0.4, -0.2) is 9.55 Å². The van der Waals surface area contributed by atoms with E-state index in [0.717, 1.165) is 22.9 Å². The lowest BCUT2D eigenvalue weighted by atomic mass is 9.81. The molecule has 1 saturated carbocycles. The van der Waals surface area contributed by atoms with Crippen molar-refractivity contribution in [2.45, 2.75) is 44.6 Å². The normalized spacial score (nSPS) is 21.7. The van der Waals surface area contributed by atoms with Crippen LogP contribution >= 0.6 is 0 Å². The van der Waals surface area contributed by atoms with Crippen molar-refractivity contribution in [2.75, 3.05) is 0 Å². The highest BCUT2D eigenvalue weighted by molar-refractivity contribution is 5.84. The topological polar surface area (TPSA) is 17.8 Å². The smallest absolute Gasteiger partial charge is 0.132 e. The predicted octanol–water partition coefficient (Wildman–Crippen LogP) is 5.38. The van der Waals surface area contributed by atoms with Gasteiger partial charge in [0.05, 0.1) is 5.52 Å². The van der Waals surface area contributed by atoms with Gasteiger partial charge in [-0.2, -0.15) is 0 Å². The minimum Gasteiger partial charge on any atom is -0.344 e. The van der Waals surface area contributed by atoms with Crippen molar-refractivity contribution >= 4 is 10.9 Å². The first-order valence-corrected chi connectivity index (χ1v) is 8.39. The van der Waals surface area contributed by atoms with E-state index in [1.807, 2.05) is 24.5 Å². The second kappa shape index (κ2) is 5.80. The molecule has 118 valence electrons. The summed E-state index contributed by atoms with van der Waals surface area (Å²) >= 11 is 0. The van der Waals surface area contributed by atoms with Crippen molar-refractivity contribution in [3.8, 4) is 0 Å². The van der Waals surface area contributed by atoms with Crippen LogP contribution in [0.5, 0.6) is 0 Å². The molecule has 3 heteroatoms. The van der Waals surface area contributed by atoms with E-state index in [4.69, 9.17) is 0 Å². The first-order valence-electron chi connectivity index (χ1n) is 8.39. The monoisotopic (exact) mass is 308 g/mol. The van der Waals surface area contributed by atoms with Gasteiger partial charge in [-0.05, 0) is 67.5 Å². The lowest BCUT2D eigenvalue weighted by Crippen LogP contribution is -2.18. The lowest BCUT2D eigenvalue weighted by molar-refractivity contribution is 0.325. The van der Waals surface area contributed by atoms with Crippen molar-refractivity contribution in [3.63, 3.8) is 0 Å². The first kappa shape index (κ1) is 14.4. The van der Waals surface area contributed by atoms with Crippen LogP contribution in [0.4, 0.5) is 4.39 Å². The van der Waals surface area contributed by atoms with Crippen molar-refractivity contribution in [3.05, 3.63) is 65.9 Å². The number of halogens is 1. The van der Waals surface area contributed by atoms with Crippen molar-refractivity contribution in [1.29, 1.82) is 0 Å². The lowest BCUT2D eigenvalue weighted by Gasteiger charge is -2.31. The van der Waals surface area contributed by atoms with Crippen LogP contribution in [0.1, 0.15) is 48.8 Å². The van der Waals surface area contributed by atoms with Crippen molar-refractivity contribution in [1.82, 2.24) is 9.55 Å². The number of nitrogens with zero attached hydrogens (tertiary/aromatic N) is 2. The molecule has 0 amide bonds. The molecule has 0 unspecified atom stereocenters. The van der Waals surface area contributed by atoms with Gasteiger partial charge in [-0.3, -0.25) is 4.98 Å². The standard InChI is InChI=1S/C20H21FN2/c1-14-5-6-19(21)18-9-12-23(20(14)18)17-4-2-3-16(13-17)15-7-10-22-11-8-15/h5-12,16-17H,2-4,13H2,1H3/t16-,17+/m1/s1. The van der Waals surface area contributed by atoms with Crippen LogP contribution < -0.4 is 0 Å². The van der Waals surface area contributed by atoms with E-state index >= 15 is 0 Å². The molecular weight excluding hydrogens is 287 g/mol. The molecule has 2 aromatic heterocycles. The summed E-state index contributed by atoms with van der Waals surface area (Å²) in [6.45, 7) is 2.07. The Morgan fingerprint density at radius 1 is 1.09 bits per heavy atom. The van der Waals surface area contributed by atoms with E-state index < -0.39 is 0 Å². The van der Waals surface area contributed by atoms with Crippen LogP contribution in [0.25, 0.3) is 10.9 Å². The Balaban J connectivity index is 1.70. The molecule has 0 N–H and O–H groups in total. The Hall–Kier alpha value is -2.16. The molecule has 4 rings (SSSR count). The number of hydrogen-bond donors (Lipinski definition) is 0. The molecule has 0 bridgehead atoms. The summed E-state index contributed by atoms with van der Waals surface area (Å²) in [5.41, 5.74) is 3.59. The Kier molecular flexibility index (Phi) is 3.64. The van der Waals surface area contributed by atoms with E-state index in [1.54, 1.807) is 6.07 Å². The molecule has 0 spiro atoms. The second-order valence-corrected chi connectivity index (χ2v) is 6.65. The minimum absolute atomic E-state index is 0.120. The fraction of sp³-hybridized carbons (Fsp3) is 0.350. The van der Waals surface area contributed by atoms with Crippen LogP contribution in [0.2, 0.25) is 0 Å². The third-order valence-corrected chi connectivity index (χ3v) is 5.24. The van der Waals surface area contributed by atoms with Gasteiger partial charge in [0.25, 0.3) is 0 Å². The highest BCUT2D eigenvalue weighted by Gasteiger charge is 2.25. The summed E-state index contributed by atoms with van der Waals surface area (Å²) in [6, 6.07) is 10.1. The Morgan fingerprint density at radius 2 is 1.91 bits per heavy atom. The summed E-state index contributed by atoms with van der Waals surface area (Å²) in [5, 5.41) is 0.746. The maximum atomic E-state index is 14.1. The number of aryl methyl sites for hydroxylation is 1. The summed E-state index contributed by atoms with van der Waals surface area (Å²) < 4.78 is 16.4. The molecule has 2 nitrogen and oxygen atoms in total. The highest BCUT2D eigenvalue weighted by Crippen LogP contribution is 2.40. The van der Waals surface area contributed by atoms with Gasteiger partial charge in [0.2, 0.25) is 0 Å². The van der Waals surface area contributed by atoms with E-state index in [-0.39, 0.29) is 5.82 Å². The summed E-state index contributed by atoms with van der Waals surface area (Å²) in [7, 11) is 0. The maximum absolute atomic E-state index is 14.1. The zero-order chi connectivity index (χ0) is 15.8. The zero-order valence-corrected chi connectivity index (χ0v) is 13.4. The largest absolute Gasteiger partial charge is 0.344 e.